The Balaban J connectivity index is 1.65. The molecule has 2 saturated heterocycles. The summed E-state index contributed by atoms with van der Waals surface area (Å²) in [4.78, 5) is 80.0. The van der Waals surface area contributed by atoms with Gasteiger partial charge in [0.1, 0.15) is 24.2 Å². The molecule has 3 heterocycles. The number of carboxylic acid groups (broad SMARTS) is 1. The molecule has 0 spiro atoms. The van der Waals surface area contributed by atoms with E-state index in [0.717, 1.165) is 11.3 Å². The molecule has 13 nitrogen and oxygen atoms in total. The molecule has 2 aliphatic heterocycles. The third-order valence-electron chi connectivity index (χ3n) is 4.10. The molecule has 0 aliphatic carbocycles. The standard InChI is InChI=1S/C15H13ClN4O9S/c16-3-8(21)19-14-18-7(5-30-14)10(23)11(24)17-6-4-28-20(12(6)25)15(13(26)27)2-1-9(22)29-15/h5-6H,1-4H2,(H,17,24)(H,26,27)(H,18,19,21)/t6-,15?/m0/s1. The van der Waals surface area contributed by atoms with E-state index in [0.29, 0.717) is 5.06 Å². The average molecular weight is 461 g/mol. The Morgan fingerprint density at radius 1 is 1.37 bits per heavy atom. The van der Waals surface area contributed by atoms with E-state index in [2.05, 4.69) is 15.6 Å². The molecule has 1 aromatic rings. The van der Waals surface area contributed by atoms with E-state index in [1.807, 2.05) is 0 Å². The minimum Gasteiger partial charge on any atom is -0.477 e. The van der Waals surface area contributed by atoms with Crippen LogP contribution in [0.1, 0.15) is 23.3 Å². The van der Waals surface area contributed by atoms with Crippen LogP contribution < -0.4 is 10.6 Å². The van der Waals surface area contributed by atoms with Crippen LogP contribution in [0.15, 0.2) is 5.38 Å². The van der Waals surface area contributed by atoms with Crippen LogP contribution >= 0.6 is 22.9 Å². The Hall–Kier alpha value is -3.10. The first kappa shape index (κ1) is 21.6. The topological polar surface area (TPSA) is 181 Å². The number of hydrogen-bond acceptors (Lipinski definition) is 10. The summed E-state index contributed by atoms with van der Waals surface area (Å²) in [5.41, 5.74) is -2.61. The minimum atomic E-state index is -2.33. The number of Topliss-reactive ketones (excluding diaryl/α,β-unsaturated/α-hetero) is 1. The summed E-state index contributed by atoms with van der Waals surface area (Å²) in [6, 6.07) is -1.38. The normalized spacial score (nSPS) is 23.2. The molecule has 0 bridgehead atoms. The quantitative estimate of drug-likeness (QED) is 0.195. The molecule has 3 N–H and O–H groups in total. The van der Waals surface area contributed by atoms with Crippen molar-refractivity contribution in [2.24, 2.45) is 0 Å². The molecule has 160 valence electrons. The molecule has 1 aromatic heterocycles. The molecular weight excluding hydrogens is 448 g/mol. The molecule has 2 atom stereocenters. The lowest BCUT2D eigenvalue weighted by molar-refractivity contribution is -0.256. The maximum absolute atomic E-state index is 12.5. The number of aromatic nitrogens is 1. The summed E-state index contributed by atoms with van der Waals surface area (Å²) in [5, 5.41) is 15.5. The molecule has 30 heavy (non-hydrogen) atoms. The summed E-state index contributed by atoms with van der Waals surface area (Å²) in [6.45, 7) is -0.474. The first-order valence-corrected chi connectivity index (χ1v) is 9.68. The van der Waals surface area contributed by atoms with Gasteiger partial charge < -0.3 is 20.5 Å². The summed E-state index contributed by atoms with van der Waals surface area (Å²) in [5.74, 6) is -6.60. The maximum Gasteiger partial charge on any atom is 0.372 e. The molecule has 1 unspecified atom stereocenters. The van der Waals surface area contributed by atoms with Gasteiger partial charge in [-0.25, -0.2) is 9.78 Å². The second kappa shape index (κ2) is 8.33. The number of rotatable bonds is 7. The number of esters is 1. The van der Waals surface area contributed by atoms with Crippen LogP contribution in [-0.2, 0) is 33.5 Å². The van der Waals surface area contributed by atoms with Crippen LogP contribution in [0.3, 0.4) is 0 Å². The number of carbonyl (C=O) groups excluding carboxylic acids is 5. The number of alkyl halides is 1. The second-order valence-corrected chi connectivity index (χ2v) is 7.19. The highest BCUT2D eigenvalue weighted by molar-refractivity contribution is 7.14. The van der Waals surface area contributed by atoms with Crippen molar-refractivity contribution in [3.8, 4) is 0 Å². The molecule has 3 amide bonds. The highest BCUT2D eigenvalue weighted by Gasteiger charge is 2.59. The number of anilines is 1. The molecule has 0 saturated carbocycles. The van der Waals surface area contributed by atoms with Crippen LogP contribution in [0.5, 0.6) is 0 Å². The van der Waals surface area contributed by atoms with Crippen molar-refractivity contribution in [2.45, 2.75) is 24.6 Å². The monoisotopic (exact) mass is 460 g/mol. The zero-order valence-corrected chi connectivity index (χ0v) is 16.4. The van der Waals surface area contributed by atoms with Crippen molar-refractivity contribution in [1.29, 1.82) is 0 Å². The minimum absolute atomic E-state index is 0.0506. The number of thiazole rings is 1. The van der Waals surface area contributed by atoms with Gasteiger partial charge in [0.2, 0.25) is 5.91 Å². The van der Waals surface area contributed by atoms with Gasteiger partial charge in [0.25, 0.3) is 17.6 Å². The number of nitrogens with zero attached hydrogens (tertiary/aromatic N) is 2. The van der Waals surface area contributed by atoms with Crippen LogP contribution in [0.4, 0.5) is 5.13 Å². The fourth-order valence-corrected chi connectivity index (χ4v) is 3.46. The summed E-state index contributed by atoms with van der Waals surface area (Å²) >= 11 is 6.23. The lowest BCUT2D eigenvalue weighted by Gasteiger charge is -2.30. The van der Waals surface area contributed by atoms with Gasteiger partial charge in [0.05, 0.1) is 6.42 Å². The number of ketones is 1. The zero-order chi connectivity index (χ0) is 22.1. The van der Waals surface area contributed by atoms with E-state index in [1.54, 1.807) is 0 Å². The van der Waals surface area contributed by atoms with Crippen LogP contribution in [0.25, 0.3) is 0 Å². The first-order chi connectivity index (χ1) is 14.2. The van der Waals surface area contributed by atoms with Crippen LogP contribution in [-0.4, -0.2) is 74.9 Å². The predicted molar refractivity (Wildman–Crippen MR) is 96.2 cm³/mol. The van der Waals surface area contributed by atoms with Gasteiger partial charge in [-0.2, -0.15) is 5.06 Å². The van der Waals surface area contributed by atoms with Gasteiger partial charge in [0.15, 0.2) is 5.13 Å². The Morgan fingerprint density at radius 2 is 2.10 bits per heavy atom. The number of carboxylic acids is 1. The highest BCUT2D eigenvalue weighted by atomic mass is 35.5. The number of carbonyl (C=O) groups is 6. The number of amides is 3. The van der Waals surface area contributed by atoms with Crippen molar-refractivity contribution in [2.75, 3.05) is 17.8 Å². The van der Waals surface area contributed by atoms with E-state index < -0.39 is 53.8 Å². The van der Waals surface area contributed by atoms with Crippen molar-refractivity contribution in [3.63, 3.8) is 0 Å². The van der Waals surface area contributed by atoms with E-state index in [4.69, 9.17) is 21.2 Å². The third-order valence-corrected chi connectivity index (χ3v) is 5.10. The molecule has 3 rings (SSSR count). The smallest absolute Gasteiger partial charge is 0.372 e. The molecule has 2 aliphatic rings. The number of halogens is 1. The Labute approximate surface area is 176 Å². The van der Waals surface area contributed by atoms with Gasteiger partial charge >= 0.3 is 17.7 Å². The van der Waals surface area contributed by atoms with E-state index in [-0.39, 0.29) is 29.5 Å². The largest absolute Gasteiger partial charge is 0.477 e. The summed E-state index contributed by atoms with van der Waals surface area (Å²) in [7, 11) is 0. The number of aliphatic carboxylic acids is 1. The fraction of sp³-hybridized carbons (Fsp3) is 0.400. The number of hydrogen-bond donors (Lipinski definition) is 3. The van der Waals surface area contributed by atoms with Gasteiger partial charge in [0, 0.05) is 11.8 Å². The Kier molecular flexibility index (Phi) is 6.00. The number of cyclic esters (lactones) is 1. The second-order valence-electron chi connectivity index (χ2n) is 6.07. The summed E-state index contributed by atoms with van der Waals surface area (Å²) in [6.07, 6.45) is -0.566. The predicted octanol–water partition coefficient (Wildman–Crippen LogP) is -1.12. The number of ether oxygens (including phenoxy) is 1. The number of nitrogens with one attached hydrogen (secondary N) is 2. The first-order valence-electron chi connectivity index (χ1n) is 8.26. The van der Waals surface area contributed by atoms with E-state index in [1.165, 1.54) is 5.38 Å². The molecule has 0 radical (unpaired) electrons. The van der Waals surface area contributed by atoms with E-state index in [9.17, 15) is 33.9 Å². The van der Waals surface area contributed by atoms with Crippen molar-refractivity contribution in [3.05, 3.63) is 11.1 Å². The maximum atomic E-state index is 12.5. The van der Waals surface area contributed by atoms with Crippen molar-refractivity contribution < 1.29 is 43.4 Å². The molecule has 0 aromatic carbocycles. The SMILES string of the molecule is O=C(CCl)Nc1nc(C(=O)C(=O)N[C@H]2CON(C3(C(=O)O)CCC(=O)O3)C2=O)cs1. The highest BCUT2D eigenvalue weighted by Crippen LogP contribution is 2.34. The third kappa shape index (κ3) is 3.96. The molecule has 15 heteroatoms. The van der Waals surface area contributed by atoms with Gasteiger partial charge in [-0.15, -0.1) is 22.9 Å². The molecular formula is C15H13ClN4O9S. The zero-order valence-electron chi connectivity index (χ0n) is 14.9. The van der Waals surface area contributed by atoms with E-state index >= 15 is 0 Å². The van der Waals surface area contributed by atoms with Crippen molar-refractivity contribution >= 4 is 63.5 Å². The summed E-state index contributed by atoms with van der Waals surface area (Å²) < 4.78 is 4.79. The number of hydroxylamine groups is 2. The average Bonchev–Trinajstić information content (AvgIpc) is 3.41. The molecule has 2 fully saturated rings. The lowest BCUT2D eigenvalue weighted by Crippen LogP contribution is -2.57. The lowest BCUT2D eigenvalue weighted by atomic mass is 10.1. The van der Waals surface area contributed by atoms with Gasteiger partial charge in [-0.05, 0) is 0 Å². The Bertz CT molecular complexity index is 950. The van der Waals surface area contributed by atoms with Gasteiger partial charge in [-0.1, -0.05) is 0 Å². The Morgan fingerprint density at radius 3 is 2.70 bits per heavy atom. The fourth-order valence-electron chi connectivity index (χ4n) is 2.68. The van der Waals surface area contributed by atoms with Crippen molar-refractivity contribution in [1.82, 2.24) is 15.4 Å². The van der Waals surface area contributed by atoms with Crippen LogP contribution in [0.2, 0.25) is 0 Å². The van der Waals surface area contributed by atoms with Gasteiger partial charge in [-0.3, -0.25) is 28.8 Å². The van der Waals surface area contributed by atoms with Crippen LogP contribution in [0, 0.1) is 0 Å².